The zero-order valence-electron chi connectivity index (χ0n) is 25.7. The van der Waals surface area contributed by atoms with Crippen LogP contribution in [0.2, 0.25) is 0 Å². The maximum absolute atomic E-state index is 14.2. The number of benzene rings is 3. The number of carbonyl (C=O) groups is 1. The smallest absolute Gasteiger partial charge is 0.266 e. The SMILES string of the molecule is COc1cccc([C@@H]2OC(c3ccc(OCCCO)cc3)=N[C@]2(C/C=C/c2ccccc2)C(=O)NNCCCOC(C)C)c1. The zero-order valence-corrected chi connectivity index (χ0v) is 25.7. The highest BCUT2D eigenvalue weighted by Gasteiger charge is 2.52. The third-order valence-electron chi connectivity index (χ3n) is 7.06. The first-order chi connectivity index (χ1) is 21.4. The lowest BCUT2D eigenvalue weighted by atomic mass is 9.84. The molecule has 1 aliphatic rings. The van der Waals surface area contributed by atoms with E-state index in [1.165, 1.54) is 0 Å². The van der Waals surface area contributed by atoms with Crippen molar-refractivity contribution in [3.8, 4) is 11.5 Å². The largest absolute Gasteiger partial charge is 0.497 e. The van der Waals surface area contributed by atoms with E-state index in [9.17, 15) is 4.79 Å². The zero-order chi connectivity index (χ0) is 31.2. The van der Waals surface area contributed by atoms with Gasteiger partial charge in [-0.1, -0.05) is 54.6 Å². The summed E-state index contributed by atoms with van der Waals surface area (Å²) in [6.45, 7) is 5.59. The third-order valence-corrected chi connectivity index (χ3v) is 7.06. The van der Waals surface area contributed by atoms with Gasteiger partial charge in [0.05, 0.1) is 19.8 Å². The lowest BCUT2D eigenvalue weighted by molar-refractivity contribution is -0.129. The van der Waals surface area contributed by atoms with Gasteiger partial charge in [-0.15, -0.1) is 0 Å². The Hall–Kier alpha value is -4.18. The van der Waals surface area contributed by atoms with E-state index in [1.54, 1.807) is 7.11 Å². The Kier molecular flexibility index (Phi) is 12.4. The van der Waals surface area contributed by atoms with Crippen LogP contribution in [0.4, 0.5) is 0 Å². The number of nitrogens with one attached hydrogen (secondary N) is 2. The Morgan fingerprint density at radius 3 is 2.55 bits per heavy atom. The summed E-state index contributed by atoms with van der Waals surface area (Å²) in [5, 5.41) is 9.05. The summed E-state index contributed by atoms with van der Waals surface area (Å²) in [6.07, 6.45) is 4.92. The number of carbonyl (C=O) groups excluding carboxylic acids is 1. The van der Waals surface area contributed by atoms with Crippen LogP contribution >= 0.6 is 0 Å². The molecule has 3 aromatic carbocycles. The number of aliphatic hydroxyl groups is 1. The first kappa shape index (κ1) is 32.7. The summed E-state index contributed by atoms with van der Waals surface area (Å²) in [5.74, 6) is 1.37. The fourth-order valence-electron chi connectivity index (χ4n) is 4.79. The summed E-state index contributed by atoms with van der Waals surface area (Å²) in [7, 11) is 1.61. The van der Waals surface area contributed by atoms with Crippen LogP contribution in [0.25, 0.3) is 6.08 Å². The fraction of sp³-hybridized carbons (Fsp3) is 0.371. The summed E-state index contributed by atoms with van der Waals surface area (Å²) in [6, 6.07) is 24.8. The van der Waals surface area contributed by atoms with Crippen LogP contribution < -0.4 is 20.3 Å². The quantitative estimate of drug-likeness (QED) is 0.143. The van der Waals surface area contributed by atoms with E-state index in [1.807, 2.05) is 105 Å². The molecule has 234 valence electrons. The molecule has 4 rings (SSSR count). The molecule has 0 radical (unpaired) electrons. The van der Waals surface area contributed by atoms with Crippen molar-refractivity contribution in [2.24, 2.45) is 4.99 Å². The van der Waals surface area contributed by atoms with Crippen molar-refractivity contribution in [1.29, 1.82) is 0 Å². The average Bonchev–Trinajstić information content (AvgIpc) is 3.44. The maximum Gasteiger partial charge on any atom is 0.266 e. The standard InChI is InChI=1S/C35H43N3O6/c1-26(2)42-23-9-21-36-38-34(40)35(20-8-13-27-11-5-4-6-12-27)32(29-14-7-15-31(25-29)41-3)44-33(37-35)28-16-18-30(19-17-28)43-24-10-22-39/h4-8,11-19,25-26,32,36,39H,9-10,20-24H2,1-3H3,(H,38,40)/b13-8+/t32-,35-/m0/s1. The number of aliphatic imine (C=N–C) groups is 1. The molecule has 1 amide bonds. The molecule has 0 saturated carbocycles. The Morgan fingerprint density at radius 1 is 1.02 bits per heavy atom. The molecule has 0 aliphatic carbocycles. The summed E-state index contributed by atoms with van der Waals surface area (Å²) >= 11 is 0. The number of rotatable bonds is 17. The molecule has 0 bridgehead atoms. The number of ether oxygens (including phenoxy) is 4. The van der Waals surface area contributed by atoms with Gasteiger partial charge < -0.3 is 24.1 Å². The number of hydrogen-bond acceptors (Lipinski definition) is 8. The van der Waals surface area contributed by atoms with Gasteiger partial charge in [0.15, 0.2) is 11.6 Å². The molecule has 3 aromatic rings. The molecule has 9 heteroatoms. The highest BCUT2D eigenvalue weighted by Crippen LogP contribution is 2.43. The van der Waals surface area contributed by atoms with Crippen LogP contribution in [0.3, 0.4) is 0 Å². The number of aliphatic hydroxyl groups excluding tert-OH is 1. The molecule has 1 aliphatic heterocycles. The minimum absolute atomic E-state index is 0.0673. The lowest BCUT2D eigenvalue weighted by Crippen LogP contribution is -2.52. The molecule has 0 saturated heterocycles. The molecule has 0 spiro atoms. The van der Waals surface area contributed by atoms with E-state index in [4.69, 9.17) is 29.0 Å². The topological polar surface area (TPSA) is 111 Å². The number of nitrogens with zero attached hydrogens (tertiary/aromatic N) is 1. The van der Waals surface area contributed by atoms with Crippen LogP contribution in [-0.4, -0.2) is 62.0 Å². The normalized spacial score (nSPS) is 17.8. The van der Waals surface area contributed by atoms with E-state index >= 15 is 0 Å². The predicted octanol–water partition coefficient (Wildman–Crippen LogP) is 5.25. The maximum atomic E-state index is 14.2. The van der Waals surface area contributed by atoms with Crippen molar-refractivity contribution in [2.45, 2.75) is 50.9 Å². The first-order valence-corrected chi connectivity index (χ1v) is 15.1. The highest BCUT2D eigenvalue weighted by molar-refractivity contribution is 6.01. The van der Waals surface area contributed by atoms with Crippen molar-refractivity contribution in [1.82, 2.24) is 10.9 Å². The van der Waals surface area contributed by atoms with Crippen molar-refractivity contribution >= 4 is 17.9 Å². The van der Waals surface area contributed by atoms with Crippen LogP contribution in [0, 0.1) is 0 Å². The van der Waals surface area contributed by atoms with Crippen molar-refractivity contribution < 1.29 is 28.8 Å². The third kappa shape index (κ3) is 8.92. The molecule has 44 heavy (non-hydrogen) atoms. The Bertz CT molecular complexity index is 1380. The second-order valence-electron chi connectivity index (χ2n) is 10.7. The van der Waals surface area contributed by atoms with E-state index in [2.05, 4.69) is 10.9 Å². The van der Waals surface area contributed by atoms with Gasteiger partial charge in [0.1, 0.15) is 11.5 Å². The van der Waals surface area contributed by atoms with E-state index in [-0.39, 0.29) is 25.0 Å². The minimum atomic E-state index is -1.33. The van der Waals surface area contributed by atoms with Gasteiger partial charge in [0, 0.05) is 38.2 Å². The van der Waals surface area contributed by atoms with E-state index in [0.717, 1.165) is 17.5 Å². The lowest BCUT2D eigenvalue weighted by Gasteiger charge is -2.30. The highest BCUT2D eigenvalue weighted by atomic mass is 16.5. The molecule has 0 unspecified atom stereocenters. The Labute approximate surface area is 259 Å². The Balaban J connectivity index is 1.67. The number of amides is 1. The predicted molar refractivity (Wildman–Crippen MR) is 172 cm³/mol. The second-order valence-corrected chi connectivity index (χ2v) is 10.7. The monoisotopic (exact) mass is 601 g/mol. The van der Waals surface area contributed by atoms with Gasteiger partial charge in [-0.25, -0.2) is 10.4 Å². The van der Waals surface area contributed by atoms with Crippen LogP contribution in [0.1, 0.15) is 55.9 Å². The molecule has 1 heterocycles. The van der Waals surface area contributed by atoms with Crippen LogP contribution in [-0.2, 0) is 14.3 Å². The molecular weight excluding hydrogens is 558 g/mol. The minimum Gasteiger partial charge on any atom is -0.497 e. The van der Waals surface area contributed by atoms with Gasteiger partial charge in [0.25, 0.3) is 5.91 Å². The molecular formula is C35H43N3O6. The van der Waals surface area contributed by atoms with Gasteiger partial charge >= 0.3 is 0 Å². The van der Waals surface area contributed by atoms with Crippen molar-refractivity contribution in [3.05, 3.63) is 102 Å². The number of methoxy groups -OCH3 is 1. The van der Waals surface area contributed by atoms with Crippen molar-refractivity contribution in [3.63, 3.8) is 0 Å². The van der Waals surface area contributed by atoms with E-state index < -0.39 is 11.6 Å². The molecule has 2 atom stereocenters. The summed E-state index contributed by atoms with van der Waals surface area (Å²) in [5.41, 5.74) is 7.13. The number of hydrazine groups is 1. The van der Waals surface area contributed by atoms with Gasteiger partial charge in [-0.2, -0.15) is 0 Å². The van der Waals surface area contributed by atoms with Crippen molar-refractivity contribution in [2.75, 3.05) is 33.5 Å². The number of hydrogen-bond donors (Lipinski definition) is 3. The second kappa shape index (κ2) is 16.6. The molecule has 0 aromatic heterocycles. The van der Waals surface area contributed by atoms with Crippen LogP contribution in [0.15, 0.2) is 89.9 Å². The summed E-state index contributed by atoms with van der Waals surface area (Å²) < 4.78 is 23.4. The fourth-order valence-corrected chi connectivity index (χ4v) is 4.79. The van der Waals surface area contributed by atoms with Crippen LogP contribution in [0.5, 0.6) is 11.5 Å². The first-order valence-electron chi connectivity index (χ1n) is 15.1. The van der Waals surface area contributed by atoms with Gasteiger partial charge in [-0.3, -0.25) is 10.2 Å². The molecule has 3 N–H and O–H groups in total. The molecule has 0 fully saturated rings. The molecule has 9 nitrogen and oxygen atoms in total. The summed E-state index contributed by atoms with van der Waals surface area (Å²) in [4.78, 5) is 19.2. The van der Waals surface area contributed by atoms with Gasteiger partial charge in [-0.05, 0) is 67.8 Å². The average molecular weight is 602 g/mol. The van der Waals surface area contributed by atoms with Gasteiger partial charge in [0.2, 0.25) is 5.90 Å². The Morgan fingerprint density at radius 2 is 1.82 bits per heavy atom. The van der Waals surface area contributed by atoms with E-state index in [0.29, 0.717) is 49.1 Å².